The minimum atomic E-state index is -0.0381. The van der Waals surface area contributed by atoms with Crippen LogP contribution in [0.4, 0.5) is 5.69 Å². The number of carbonyl (C=O) groups excluding carboxylic acids is 2. The number of para-hydroxylation sites is 1. The van der Waals surface area contributed by atoms with Crippen molar-refractivity contribution in [2.24, 2.45) is 0 Å². The molecule has 0 unspecified atom stereocenters. The standard InChI is InChI=1S/C27H26N2O3/c30-26(23-7-3-1-4-8-23)16-13-22-11-14-25(15-12-22)32-21-27(31)29-19-17-28(18-20-29)24-9-5-2-6-10-24/h1-16H,17-21H2/b16-13-. The Labute approximate surface area is 188 Å². The summed E-state index contributed by atoms with van der Waals surface area (Å²) in [6.45, 7) is 3.04. The fraction of sp³-hybridized carbons (Fsp3) is 0.185. The molecular formula is C27H26N2O3. The van der Waals surface area contributed by atoms with Crippen LogP contribution in [-0.4, -0.2) is 49.4 Å². The van der Waals surface area contributed by atoms with Gasteiger partial charge in [0, 0.05) is 37.4 Å². The lowest BCUT2D eigenvalue weighted by atomic mass is 10.1. The number of rotatable bonds is 7. The first-order chi connectivity index (χ1) is 15.7. The Morgan fingerprint density at radius 1 is 0.781 bits per heavy atom. The second-order valence-electron chi connectivity index (χ2n) is 7.62. The van der Waals surface area contributed by atoms with Gasteiger partial charge in [0.25, 0.3) is 5.91 Å². The molecule has 0 N–H and O–H groups in total. The number of ether oxygens (including phenoxy) is 1. The van der Waals surface area contributed by atoms with Crippen molar-refractivity contribution in [1.82, 2.24) is 4.90 Å². The van der Waals surface area contributed by atoms with Crippen LogP contribution in [0.5, 0.6) is 5.75 Å². The van der Waals surface area contributed by atoms with Gasteiger partial charge in [-0.1, -0.05) is 66.7 Å². The summed E-state index contributed by atoms with van der Waals surface area (Å²) in [7, 11) is 0. The molecule has 5 heteroatoms. The molecule has 1 aliphatic heterocycles. The number of allylic oxidation sites excluding steroid dienone is 1. The monoisotopic (exact) mass is 426 g/mol. The van der Waals surface area contributed by atoms with Crippen LogP contribution in [0.1, 0.15) is 15.9 Å². The Bertz CT molecular complexity index is 1060. The summed E-state index contributed by atoms with van der Waals surface area (Å²) in [5.41, 5.74) is 2.74. The third kappa shape index (κ3) is 5.64. The smallest absolute Gasteiger partial charge is 0.260 e. The van der Waals surface area contributed by atoms with Crippen molar-refractivity contribution in [2.75, 3.05) is 37.7 Å². The molecule has 32 heavy (non-hydrogen) atoms. The second-order valence-corrected chi connectivity index (χ2v) is 7.62. The van der Waals surface area contributed by atoms with Crippen LogP contribution in [-0.2, 0) is 4.79 Å². The van der Waals surface area contributed by atoms with Gasteiger partial charge in [0.15, 0.2) is 12.4 Å². The molecule has 1 aliphatic rings. The van der Waals surface area contributed by atoms with Crippen molar-refractivity contribution >= 4 is 23.5 Å². The first-order valence-corrected chi connectivity index (χ1v) is 10.8. The largest absolute Gasteiger partial charge is 0.484 e. The third-order valence-corrected chi connectivity index (χ3v) is 5.48. The van der Waals surface area contributed by atoms with Crippen LogP contribution in [0.25, 0.3) is 6.08 Å². The predicted octanol–water partition coefficient (Wildman–Crippen LogP) is 4.31. The van der Waals surface area contributed by atoms with Crippen molar-refractivity contribution in [3.8, 4) is 5.75 Å². The summed E-state index contributed by atoms with van der Waals surface area (Å²) in [6.07, 6.45) is 3.33. The van der Waals surface area contributed by atoms with Gasteiger partial charge in [-0.15, -0.1) is 0 Å². The van der Waals surface area contributed by atoms with Crippen LogP contribution in [0.2, 0.25) is 0 Å². The molecule has 1 saturated heterocycles. The lowest BCUT2D eigenvalue weighted by Crippen LogP contribution is -2.50. The Kier molecular flexibility index (Phi) is 6.98. The maximum Gasteiger partial charge on any atom is 0.260 e. The Balaban J connectivity index is 1.23. The number of piperazine rings is 1. The molecule has 0 saturated carbocycles. The highest BCUT2D eigenvalue weighted by Gasteiger charge is 2.21. The number of ketones is 1. The number of benzene rings is 3. The Morgan fingerprint density at radius 3 is 2.06 bits per heavy atom. The van der Waals surface area contributed by atoms with E-state index < -0.39 is 0 Å². The molecular weight excluding hydrogens is 400 g/mol. The van der Waals surface area contributed by atoms with Crippen LogP contribution in [0, 0.1) is 0 Å². The van der Waals surface area contributed by atoms with Gasteiger partial charge in [-0.25, -0.2) is 0 Å². The van der Waals surface area contributed by atoms with Gasteiger partial charge in [0.05, 0.1) is 0 Å². The lowest BCUT2D eigenvalue weighted by Gasteiger charge is -2.36. The van der Waals surface area contributed by atoms with Crippen molar-refractivity contribution in [2.45, 2.75) is 0 Å². The van der Waals surface area contributed by atoms with Crippen molar-refractivity contribution in [3.63, 3.8) is 0 Å². The highest BCUT2D eigenvalue weighted by molar-refractivity contribution is 6.06. The fourth-order valence-electron chi connectivity index (χ4n) is 3.63. The summed E-state index contributed by atoms with van der Waals surface area (Å²) >= 11 is 0. The minimum Gasteiger partial charge on any atom is -0.484 e. The van der Waals surface area contributed by atoms with Crippen LogP contribution < -0.4 is 9.64 Å². The van der Waals surface area contributed by atoms with E-state index in [0.29, 0.717) is 24.4 Å². The second kappa shape index (κ2) is 10.4. The van der Waals surface area contributed by atoms with Gasteiger partial charge in [-0.2, -0.15) is 0 Å². The normalized spacial score (nSPS) is 13.9. The first-order valence-electron chi connectivity index (χ1n) is 10.8. The van der Waals surface area contributed by atoms with Crippen molar-refractivity contribution < 1.29 is 14.3 Å². The molecule has 1 heterocycles. The third-order valence-electron chi connectivity index (χ3n) is 5.48. The topological polar surface area (TPSA) is 49.9 Å². The van der Waals surface area contributed by atoms with Gasteiger partial charge < -0.3 is 14.5 Å². The van der Waals surface area contributed by atoms with E-state index in [-0.39, 0.29) is 18.3 Å². The summed E-state index contributed by atoms with van der Waals surface area (Å²) < 4.78 is 5.69. The maximum absolute atomic E-state index is 12.5. The van der Waals surface area contributed by atoms with E-state index in [2.05, 4.69) is 17.0 Å². The number of amides is 1. The van der Waals surface area contributed by atoms with E-state index in [9.17, 15) is 9.59 Å². The van der Waals surface area contributed by atoms with E-state index in [1.807, 2.05) is 65.6 Å². The highest BCUT2D eigenvalue weighted by atomic mass is 16.5. The average Bonchev–Trinajstić information content (AvgIpc) is 2.87. The number of nitrogens with zero attached hydrogens (tertiary/aromatic N) is 2. The molecule has 5 nitrogen and oxygen atoms in total. The molecule has 0 radical (unpaired) electrons. The fourth-order valence-corrected chi connectivity index (χ4v) is 3.63. The van der Waals surface area contributed by atoms with Gasteiger partial charge in [0.1, 0.15) is 5.75 Å². The summed E-state index contributed by atoms with van der Waals surface area (Å²) in [5.74, 6) is 0.590. The van der Waals surface area contributed by atoms with E-state index in [1.165, 1.54) is 5.69 Å². The molecule has 162 valence electrons. The quantitative estimate of drug-likeness (QED) is 0.417. The Hall–Kier alpha value is -3.86. The maximum atomic E-state index is 12.5. The minimum absolute atomic E-state index is 0.00450. The summed E-state index contributed by atoms with van der Waals surface area (Å²) in [4.78, 5) is 28.8. The van der Waals surface area contributed by atoms with E-state index in [1.54, 1.807) is 24.3 Å². The predicted molar refractivity (Wildman–Crippen MR) is 127 cm³/mol. The molecule has 1 fully saturated rings. The number of anilines is 1. The lowest BCUT2D eigenvalue weighted by molar-refractivity contribution is -0.133. The number of hydrogen-bond donors (Lipinski definition) is 0. The molecule has 4 rings (SSSR count). The van der Waals surface area contributed by atoms with Gasteiger partial charge in [0.2, 0.25) is 0 Å². The van der Waals surface area contributed by atoms with Crippen LogP contribution in [0.15, 0.2) is 91.0 Å². The molecule has 0 aliphatic carbocycles. The first kappa shape index (κ1) is 21.4. The van der Waals surface area contributed by atoms with Crippen LogP contribution >= 0.6 is 0 Å². The number of carbonyl (C=O) groups is 2. The van der Waals surface area contributed by atoms with E-state index in [4.69, 9.17) is 4.74 Å². The zero-order valence-electron chi connectivity index (χ0n) is 17.9. The molecule has 3 aromatic rings. The van der Waals surface area contributed by atoms with Crippen molar-refractivity contribution in [3.05, 3.63) is 102 Å². The van der Waals surface area contributed by atoms with Gasteiger partial charge in [-0.05, 0) is 35.9 Å². The molecule has 0 spiro atoms. The van der Waals surface area contributed by atoms with E-state index >= 15 is 0 Å². The molecule has 0 aromatic heterocycles. The molecule has 0 atom stereocenters. The average molecular weight is 427 g/mol. The van der Waals surface area contributed by atoms with Gasteiger partial charge in [-0.3, -0.25) is 9.59 Å². The van der Waals surface area contributed by atoms with Crippen molar-refractivity contribution in [1.29, 1.82) is 0 Å². The van der Waals surface area contributed by atoms with Gasteiger partial charge >= 0.3 is 0 Å². The SMILES string of the molecule is O=C(/C=C\c1ccc(OCC(=O)N2CCN(c3ccccc3)CC2)cc1)c1ccccc1. The zero-order chi connectivity index (χ0) is 22.2. The number of hydrogen-bond acceptors (Lipinski definition) is 4. The molecule has 1 amide bonds. The Morgan fingerprint density at radius 2 is 1.41 bits per heavy atom. The zero-order valence-corrected chi connectivity index (χ0v) is 17.9. The molecule has 3 aromatic carbocycles. The van der Waals surface area contributed by atoms with Crippen LogP contribution in [0.3, 0.4) is 0 Å². The summed E-state index contributed by atoms with van der Waals surface area (Å²) in [6, 6.07) is 26.8. The highest BCUT2D eigenvalue weighted by Crippen LogP contribution is 2.17. The van der Waals surface area contributed by atoms with E-state index in [0.717, 1.165) is 18.7 Å². The molecule has 0 bridgehead atoms. The summed E-state index contributed by atoms with van der Waals surface area (Å²) in [5, 5.41) is 0.